The molecule has 0 spiro atoms. The third-order valence-electron chi connectivity index (χ3n) is 4.24. The van der Waals surface area contributed by atoms with Crippen LogP contribution >= 0.6 is 11.6 Å². The number of rotatable bonds is 3. The van der Waals surface area contributed by atoms with Crippen LogP contribution in [0, 0.1) is 11.3 Å². The van der Waals surface area contributed by atoms with Crippen molar-refractivity contribution in [1.29, 1.82) is 5.26 Å². The molecular weight excluding hydrogens is 418 g/mol. The number of piperazine rings is 1. The molecule has 0 saturated carbocycles. The quantitative estimate of drug-likeness (QED) is 0.695. The van der Waals surface area contributed by atoms with Gasteiger partial charge in [0.25, 0.3) is 5.91 Å². The summed E-state index contributed by atoms with van der Waals surface area (Å²) >= 11 is 6.22. The lowest BCUT2D eigenvalue weighted by molar-refractivity contribution is -0.132. The summed E-state index contributed by atoms with van der Waals surface area (Å²) in [6, 6.07) is 6.76. The smallest absolute Gasteiger partial charge is 0.269 e. The van der Waals surface area contributed by atoms with Crippen molar-refractivity contribution < 1.29 is 9.59 Å². The minimum atomic E-state index is -0.310. The molecular formula is C21H28ClN7O2. The topological polar surface area (TPSA) is 124 Å². The zero-order valence-electron chi connectivity index (χ0n) is 18.4. The molecule has 2 aromatic rings. The number of nitrogens with zero attached hydrogens (tertiary/aromatic N) is 5. The van der Waals surface area contributed by atoms with Gasteiger partial charge in [0, 0.05) is 40.5 Å². The van der Waals surface area contributed by atoms with Crippen LogP contribution in [0.15, 0.2) is 24.5 Å². The molecule has 1 fully saturated rings. The summed E-state index contributed by atoms with van der Waals surface area (Å²) in [5.41, 5.74) is 2.11. The maximum Gasteiger partial charge on any atom is 0.269 e. The number of nitrogens with one attached hydrogen (secondary N) is 2. The Morgan fingerprint density at radius 3 is 2.55 bits per heavy atom. The van der Waals surface area contributed by atoms with Gasteiger partial charge in [-0.1, -0.05) is 25.4 Å². The maximum absolute atomic E-state index is 12.0. The second-order valence-electron chi connectivity index (χ2n) is 6.13. The normalized spacial score (nSPS) is 14.7. The average Bonchev–Trinajstić information content (AvgIpc) is 2.80. The largest absolute Gasteiger partial charge is 0.354 e. The monoisotopic (exact) mass is 445 g/mol. The molecule has 1 aliphatic rings. The molecule has 31 heavy (non-hydrogen) atoms. The molecule has 166 valence electrons. The van der Waals surface area contributed by atoms with Crippen molar-refractivity contribution in [3.05, 3.63) is 40.9 Å². The Morgan fingerprint density at radius 1 is 1.26 bits per heavy atom. The average molecular weight is 446 g/mol. The third-order valence-corrected chi connectivity index (χ3v) is 4.43. The molecule has 0 aliphatic carbocycles. The fourth-order valence-electron chi connectivity index (χ4n) is 2.97. The number of pyridine rings is 1. The molecule has 1 saturated heterocycles. The first kappa shape index (κ1) is 25.9. The zero-order chi connectivity index (χ0) is 23.4. The highest BCUT2D eigenvalue weighted by Gasteiger charge is 2.26. The summed E-state index contributed by atoms with van der Waals surface area (Å²) in [6.45, 7) is 9.00. The zero-order valence-corrected chi connectivity index (χ0v) is 19.2. The van der Waals surface area contributed by atoms with Gasteiger partial charge in [0.15, 0.2) is 0 Å². The Kier molecular flexibility index (Phi) is 11.1. The van der Waals surface area contributed by atoms with Crippen molar-refractivity contribution in [2.45, 2.75) is 33.7 Å². The van der Waals surface area contributed by atoms with E-state index < -0.39 is 0 Å². The Labute approximate surface area is 187 Å². The first-order chi connectivity index (χ1) is 14.9. The van der Waals surface area contributed by atoms with E-state index in [4.69, 9.17) is 16.9 Å². The van der Waals surface area contributed by atoms with E-state index in [1.54, 1.807) is 25.1 Å². The molecule has 10 heteroatoms. The van der Waals surface area contributed by atoms with Gasteiger partial charge in [0.2, 0.25) is 5.91 Å². The van der Waals surface area contributed by atoms with Gasteiger partial charge in [-0.3, -0.25) is 9.59 Å². The summed E-state index contributed by atoms with van der Waals surface area (Å²) in [6.07, 6.45) is 1.31. The molecule has 1 unspecified atom stereocenters. The van der Waals surface area contributed by atoms with Crippen molar-refractivity contribution in [1.82, 2.24) is 30.5 Å². The van der Waals surface area contributed by atoms with Crippen LogP contribution in [0.2, 0.25) is 5.15 Å². The summed E-state index contributed by atoms with van der Waals surface area (Å²) in [5.74, 6) is -0.301. The molecule has 0 aromatic carbocycles. The van der Waals surface area contributed by atoms with Crippen LogP contribution < -0.4 is 10.6 Å². The lowest BCUT2D eigenvalue weighted by Crippen LogP contribution is -2.47. The molecule has 9 nitrogen and oxygen atoms in total. The number of hydrogen-bond acceptors (Lipinski definition) is 7. The Hall–Kier alpha value is -3.09. The lowest BCUT2D eigenvalue weighted by Gasteiger charge is -2.36. The van der Waals surface area contributed by atoms with Gasteiger partial charge in [-0.2, -0.15) is 5.26 Å². The maximum atomic E-state index is 12.0. The van der Waals surface area contributed by atoms with Crippen molar-refractivity contribution in [3.63, 3.8) is 0 Å². The minimum absolute atomic E-state index is 0.00919. The molecule has 2 amide bonds. The Bertz CT molecular complexity index is 930. The number of nitriles is 1. The SMILES string of the molecule is CC.CC#N.CNC(=O)c1cc(-c2cc(C3CNCCN3C(C)=O)cc(Cl)n2)ncn1. The number of amides is 2. The summed E-state index contributed by atoms with van der Waals surface area (Å²) in [4.78, 5) is 38.0. The Balaban J connectivity index is 0.000000884. The van der Waals surface area contributed by atoms with E-state index in [-0.39, 0.29) is 23.6 Å². The lowest BCUT2D eigenvalue weighted by atomic mass is 10.0. The van der Waals surface area contributed by atoms with Crippen LogP contribution in [0.3, 0.4) is 0 Å². The number of carbonyl (C=O) groups excluding carboxylic acids is 2. The molecule has 2 aromatic heterocycles. The number of hydrogen-bond donors (Lipinski definition) is 2. The van der Waals surface area contributed by atoms with E-state index in [0.717, 1.165) is 12.1 Å². The second-order valence-corrected chi connectivity index (χ2v) is 6.52. The van der Waals surface area contributed by atoms with Gasteiger partial charge in [0.05, 0.1) is 23.5 Å². The summed E-state index contributed by atoms with van der Waals surface area (Å²) in [7, 11) is 1.53. The standard InChI is InChI=1S/C17H19ClN6O2.C2H3N.C2H6/c1-10(25)24-4-3-20-8-15(24)11-5-13(23-16(18)6-11)12-7-14(17(26)19-2)22-9-21-12;1-2-3;1-2/h5-7,9,15,20H,3-4,8H2,1-2H3,(H,19,26);1H3;1-2H3. The highest BCUT2D eigenvalue weighted by Crippen LogP contribution is 2.28. The second kappa shape index (κ2) is 13.3. The predicted molar refractivity (Wildman–Crippen MR) is 119 cm³/mol. The van der Waals surface area contributed by atoms with Crippen LogP contribution in [0.25, 0.3) is 11.4 Å². The first-order valence-electron chi connectivity index (χ1n) is 9.92. The number of halogens is 1. The predicted octanol–water partition coefficient (Wildman–Crippen LogP) is 2.60. The molecule has 3 rings (SSSR count). The third kappa shape index (κ3) is 7.27. The van der Waals surface area contributed by atoms with Crippen molar-refractivity contribution >= 4 is 23.4 Å². The van der Waals surface area contributed by atoms with E-state index in [1.165, 1.54) is 20.3 Å². The number of carbonyl (C=O) groups is 2. The van der Waals surface area contributed by atoms with Gasteiger partial charge < -0.3 is 15.5 Å². The molecule has 0 bridgehead atoms. The van der Waals surface area contributed by atoms with Gasteiger partial charge in [-0.25, -0.2) is 15.0 Å². The minimum Gasteiger partial charge on any atom is -0.354 e. The Morgan fingerprint density at radius 2 is 1.94 bits per heavy atom. The molecule has 2 N–H and O–H groups in total. The van der Waals surface area contributed by atoms with Gasteiger partial charge in [-0.15, -0.1) is 0 Å². The van der Waals surface area contributed by atoms with Crippen LogP contribution in [-0.2, 0) is 4.79 Å². The van der Waals surface area contributed by atoms with Crippen LogP contribution in [0.1, 0.15) is 49.8 Å². The first-order valence-corrected chi connectivity index (χ1v) is 10.3. The van der Waals surface area contributed by atoms with Gasteiger partial charge in [-0.05, 0) is 23.8 Å². The summed E-state index contributed by atoms with van der Waals surface area (Å²) < 4.78 is 0. The van der Waals surface area contributed by atoms with E-state index >= 15 is 0 Å². The molecule has 3 heterocycles. The van der Waals surface area contributed by atoms with Crippen molar-refractivity contribution in [2.24, 2.45) is 0 Å². The van der Waals surface area contributed by atoms with Gasteiger partial charge >= 0.3 is 0 Å². The van der Waals surface area contributed by atoms with E-state index in [2.05, 4.69) is 25.6 Å². The molecule has 0 radical (unpaired) electrons. The van der Waals surface area contributed by atoms with Crippen LogP contribution in [-0.4, -0.2) is 58.3 Å². The highest BCUT2D eigenvalue weighted by molar-refractivity contribution is 6.29. The molecule has 1 atom stereocenters. The van der Waals surface area contributed by atoms with E-state index in [9.17, 15) is 9.59 Å². The molecule has 1 aliphatic heterocycles. The fourth-order valence-corrected chi connectivity index (χ4v) is 3.19. The van der Waals surface area contributed by atoms with E-state index in [1.807, 2.05) is 24.8 Å². The van der Waals surface area contributed by atoms with Crippen LogP contribution in [0.5, 0.6) is 0 Å². The summed E-state index contributed by atoms with van der Waals surface area (Å²) in [5, 5.41) is 13.4. The van der Waals surface area contributed by atoms with Crippen molar-refractivity contribution in [3.8, 4) is 17.5 Å². The van der Waals surface area contributed by atoms with E-state index in [0.29, 0.717) is 29.6 Å². The van der Waals surface area contributed by atoms with Crippen molar-refractivity contribution in [2.75, 3.05) is 26.7 Å². The van der Waals surface area contributed by atoms with Crippen LogP contribution in [0.4, 0.5) is 0 Å². The fraction of sp³-hybridized carbons (Fsp3) is 0.429. The highest BCUT2D eigenvalue weighted by atomic mass is 35.5. The number of aromatic nitrogens is 3. The van der Waals surface area contributed by atoms with Gasteiger partial charge in [0.1, 0.15) is 17.2 Å².